The van der Waals surface area contributed by atoms with Crippen LogP contribution in [-0.4, -0.2) is 34.8 Å². The van der Waals surface area contributed by atoms with Gasteiger partial charge in [0.2, 0.25) is 0 Å². The second-order valence-corrected chi connectivity index (χ2v) is 10.1. The summed E-state index contributed by atoms with van der Waals surface area (Å²) in [5.41, 5.74) is 0.770. The molecule has 180 valence electrons. The summed E-state index contributed by atoms with van der Waals surface area (Å²) < 4.78 is 19.5. The third-order valence-electron chi connectivity index (χ3n) is 5.82. The van der Waals surface area contributed by atoms with Crippen molar-refractivity contribution in [2.24, 2.45) is 5.41 Å². The van der Waals surface area contributed by atoms with Gasteiger partial charge in [0.1, 0.15) is 12.3 Å². The van der Waals surface area contributed by atoms with Crippen molar-refractivity contribution in [3.63, 3.8) is 0 Å². The molecule has 1 aliphatic rings. The molecule has 0 spiro atoms. The Morgan fingerprint density at radius 1 is 1.06 bits per heavy atom. The monoisotopic (exact) mass is 495 g/mol. The molecule has 1 saturated heterocycles. The van der Waals surface area contributed by atoms with Crippen LogP contribution in [0.15, 0.2) is 42.6 Å². The number of hydrogen-bond donors (Lipinski definition) is 0. The van der Waals surface area contributed by atoms with E-state index in [1.54, 1.807) is 26.8 Å². The molecule has 0 unspecified atom stereocenters. The zero-order valence-electron chi connectivity index (χ0n) is 21.9. The molecule has 2 heterocycles. The van der Waals surface area contributed by atoms with Gasteiger partial charge in [-0.1, -0.05) is 51.1 Å². The molecule has 0 amide bonds. The molecule has 1 aromatic heterocycles. The Bertz CT molecular complexity index is 950. The minimum Gasteiger partial charge on any atom is -0.550 e. The van der Waals surface area contributed by atoms with Crippen LogP contribution < -0.4 is 62.0 Å². The first-order chi connectivity index (χ1) is 15.2. The molecule has 1 fully saturated rings. The fourth-order valence-electron chi connectivity index (χ4n) is 2.87. The van der Waals surface area contributed by atoms with Gasteiger partial charge in [-0.25, -0.2) is 4.79 Å². The molecule has 0 N–H and O–H groups in total. The van der Waals surface area contributed by atoms with E-state index < -0.39 is 29.7 Å². The number of hydrogen-bond acceptors (Lipinski definition) is 6. The predicted octanol–water partition coefficient (Wildman–Crippen LogP) is -0.0494. The average molecular weight is 495 g/mol. The van der Waals surface area contributed by atoms with Gasteiger partial charge in [-0.15, -0.1) is 0 Å². The van der Waals surface area contributed by atoms with E-state index in [0.29, 0.717) is 12.2 Å². The van der Waals surface area contributed by atoms with Crippen molar-refractivity contribution in [3.05, 3.63) is 53.9 Å². The maximum absolute atomic E-state index is 12.6. The number of carbonyl (C=O) groups is 2. The molecule has 9 heteroatoms. The van der Waals surface area contributed by atoms with Crippen LogP contribution in [0.5, 0.6) is 0 Å². The summed E-state index contributed by atoms with van der Waals surface area (Å²) in [4.78, 5) is 22.5. The van der Waals surface area contributed by atoms with Crippen molar-refractivity contribution in [2.75, 3.05) is 0 Å². The van der Waals surface area contributed by atoms with Crippen LogP contribution in [0.4, 0.5) is 0 Å². The molecule has 1 aliphatic heterocycles. The Balaban J connectivity index is 0.000000633. The van der Waals surface area contributed by atoms with Gasteiger partial charge in [-0.05, 0) is 46.2 Å². The molecule has 7 nitrogen and oxygen atoms in total. The number of carbonyl (C=O) groups excluding carboxylic acids is 2. The van der Waals surface area contributed by atoms with Crippen LogP contribution in [0.1, 0.15) is 71.4 Å². The molecule has 0 bridgehead atoms. The van der Waals surface area contributed by atoms with E-state index in [2.05, 4.69) is 0 Å². The van der Waals surface area contributed by atoms with E-state index in [1.165, 1.54) is 0 Å². The fourth-order valence-corrected chi connectivity index (χ4v) is 2.87. The molecule has 0 aliphatic carbocycles. The average Bonchev–Trinajstić information content (AvgIpc) is 3.25. The molecule has 1 aromatic carbocycles. The number of carboxylic acid groups (broad SMARTS) is 1. The SMILES string of the molecule is CC(C)(C)C(=O)[O-].CCn1cc(B2OC(C)(C)C(C)(C)O2)cc1C(=O)OCc1ccccc1.[K+]. The van der Waals surface area contributed by atoms with Crippen molar-refractivity contribution in [1.82, 2.24) is 4.57 Å². The minimum absolute atomic E-state index is 0. The molecular formula is C25H35BKNO6. The van der Waals surface area contributed by atoms with Crippen molar-refractivity contribution in [3.8, 4) is 0 Å². The topological polar surface area (TPSA) is 89.8 Å². The Morgan fingerprint density at radius 2 is 1.56 bits per heavy atom. The number of nitrogens with zero attached hydrogens (tertiary/aromatic N) is 1. The number of esters is 1. The number of benzene rings is 1. The molecule has 0 atom stereocenters. The maximum Gasteiger partial charge on any atom is 1.00 e. The first-order valence-corrected chi connectivity index (χ1v) is 11.2. The van der Waals surface area contributed by atoms with Gasteiger partial charge in [-0.3, -0.25) is 0 Å². The second kappa shape index (κ2) is 12.3. The van der Waals surface area contributed by atoms with Gasteiger partial charge in [0.05, 0.1) is 11.2 Å². The van der Waals surface area contributed by atoms with E-state index in [-0.39, 0.29) is 64.0 Å². The summed E-state index contributed by atoms with van der Waals surface area (Å²) in [5, 5.41) is 9.91. The third kappa shape index (κ3) is 8.05. The standard InChI is InChI=1S/C20H26BNO4.C5H10O2.K/c1-6-22-13-16(21-25-19(2,3)20(4,5)26-21)12-17(22)18(23)24-14-15-10-8-7-9-11-15;1-5(2,3)4(6)7;/h7-13H,6,14H2,1-5H3;1-3H3,(H,6,7);/q;;+1/p-1. The third-order valence-corrected chi connectivity index (χ3v) is 5.82. The summed E-state index contributed by atoms with van der Waals surface area (Å²) in [6.07, 6.45) is 1.90. The number of aryl methyl sites for hydroxylation is 1. The van der Waals surface area contributed by atoms with Gasteiger partial charge in [0, 0.05) is 29.6 Å². The predicted molar refractivity (Wildman–Crippen MR) is 126 cm³/mol. The van der Waals surface area contributed by atoms with Gasteiger partial charge in [-0.2, -0.15) is 0 Å². The van der Waals surface area contributed by atoms with Crippen LogP contribution in [0.2, 0.25) is 0 Å². The maximum atomic E-state index is 12.6. The summed E-state index contributed by atoms with van der Waals surface area (Å²) in [6.45, 7) is 15.8. The van der Waals surface area contributed by atoms with E-state index in [1.807, 2.05) is 75.7 Å². The number of aliphatic carboxylic acids is 1. The van der Waals surface area contributed by atoms with Gasteiger partial charge >= 0.3 is 64.5 Å². The molecule has 2 aromatic rings. The van der Waals surface area contributed by atoms with E-state index in [4.69, 9.17) is 14.0 Å². The van der Waals surface area contributed by atoms with Crippen LogP contribution in [-0.2, 0) is 32.0 Å². The van der Waals surface area contributed by atoms with E-state index >= 15 is 0 Å². The van der Waals surface area contributed by atoms with Crippen LogP contribution in [0.25, 0.3) is 0 Å². The normalized spacial score (nSPS) is 16.2. The van der Waals surface area contributed by atoms with E-state index in [0.717, 1.165) is 11.0 Å². The molecule has 0 saturated carbocycles. The number of ether oxygens (including phenoxy) is 1. The minimum atomic E-state index is -1.01. The van der Waals surface area contributed by atoms with E-state index in [9.17, 15) is 14.7 Å². The first-order valence-electron chi connectivity index (χ1n) is 11.2. The van der Waals surface area contributed by atoms with Gasteiger partial charge in [0.25, 0.3) is 0 Å². The first kappa shape index (κ1) is 31.1. The number of rotatable bonds is 5. The Morgan fingerprint density at radius 3 is 2.00 bits per heavy atom. The summed E-state index contributed by atoms with van der Waals surface area (Å²) >= 11 is 0. The zero-order valence-corrected chi connectivity index (χ0v) is 25.1. The molecular weight excluding hydrogens is 460 g/mol. The fraction of sp³-hybridized carbons (Fsp3) is 0.520. The summed E-state index contributed by atoms with van der Waals surface area (Å²) in [5.74, 6) is -1.36. The number of carboxylic acids is 1. The van der Waals surface area contributed by atoms with Gasteiger partial charge in [0.15, 0.2) is 0 Å². The van der Waals surface area contributed by atoms with Crippen LogP contribution in [0, 0.1) is 5.41 Å². The van der Waals surface area contributed by atoms with Crippen molar-refractivity contribution >= 4 is 24.5 Å². The summed E-state index contributed by atoms with van der Waals surface area (Å²) in [6, 6.07) is 11.5. The van der Waals surface area contributed by atoms with Crippen LogP contribution in [0.3, 0.4) is 0 Å². The van der Waals surface area contributed by atoms with Crippen molar-refractivity contribution < 1.29 is 80.1 Å². The Kier molecular flexibility index (Phi) is 11.3. The smallest absolute Gasteiger partial charge is 0.550 e. The summed E-state index contributed by atoms with van der Waals surface area (Å²) in [7, 11) is -0.492. The van der Waals surface area contributed by atoms with Crippen molar-refractivity contribution in [2.45, 2.75) is 79.7 Å². The quantitative estimate of drug-likeness (QED) is 0.427. The van der Waals surface area contributed by atoms with Crippen molar-refractivity contribution in [1.29, 1.82) is 0 Å². The molecule has 3 rings (SSSR count). The second-order valence-electron chi connectivity index (χ2n) is 10.1. The Hall–Kier alpha value is -0.939. The van der Waals surface area contributed by atoms with Gasteiger partial charge < -0.3 is 28.5 Å². The Labute approximate surface area is 246 Å². The largest absolute Gasteiger partial charge is 1.00 e. The number of aromatic nitrogens is 1. The van der Waals surface area contributed by atoms with Crippen LogP contribution >= 0.6 is 0 Å². The molecule has 34 heavy (non-hydrogen) atoms. The molecule has 0 radical (unpaired) electrons. The zero-order chi connectivity index (χ0) is 25.0.